The summed E-state index contributed by atoms with van der Waals surface area (Å²) >= 11 is 0. The normalized spacial score (nSPS) is 24.6. The Morgan fingerprint density at radius 2 is 2.57 bits per heavy atom. The molecule has 1 saturated carbocycles. The molecule has 0 saturated heterocycles. The van der Waals surface area contributed by atoms with Crippen molar-refractivity contribution in [1.82, 2.24) is 9.55 Å². The monoisotopic (exact) mass is 191 g/mol. The number of imidazole rings is 1. The Labute approximate surface area is 84.8 Å². The molecule has 76 valence electrons. The van der Waals surface area contributed by atoms with Crippen molar-refractivity contribution in [2.24, 2.45) is 11.8 Å². The van der Waals surface area contributed by atoms with Gasteiger partial charge >= 0.3 is 0 Å². The van der Waals surface area contributed by atoms with Gasteiger partial charge in [-0.25, -0.2) is 4.98 Å². The van der Waals surface area contributed by atoms with Crippen LogP contribution in [0, 0.1) is 11.8 Å². The van der Waals surface area contributed by atoms with Crippen LogP contribution in [0.4, 0.5) is 5.95 Å². The molecule has 2 rings (SSSR count). The Morgan fingerprint density at radius 1 is 1.79 bits per heavy atom. The average molecular weight is 191 g/mol. The number of allylic oxidation sites excluding steroid dienone is 1. The van der Waals surface area contributed by atoms with E-state index in [0.29, 0.717) is 0 Å². The van der Waals surface area contributed by atoms with Crippen molar-refractivity contribution in [3.05, 3.63) is 25.0 Å². The number of hydrogen-bond acceptors (Lipinski definition) is 2. The molecule has 0 bridgehead atoms. The van der Waals surface area contributed by atoms with Gasteiger partial charge in [0.1, 0.15) is 0 Å². The van der Waals surface area contributed by atoms with Crippen molar-refractivity contribution in [2.45, 2.75) is 19.9 Å². The van der Waals surface area contributed by atoms with Crippen LogP contribution in [0.15, 0.2) is 25.0 Å². The first-order valence-electron chi connectivity index (χ1n) is 5.17. The highest BCUT2D eigenvalue weighted by Crippen LogP contribution is 2.37. The zero-order valence-electron chi connectivity index (χ0n) is 8.61. The third kappa shape index (κ3) is 1.97. The predicted octanol–water partition coefficient (Wildman–Crippen LogP) is 2.14. The molecular formula is C11H17N3. The van der Waals surface area contributed by atoms with E-state index < -0.39 is 0 Å². The van der Waals surface area contributed by atoms with Crippen LogP contribution in [-0.2, 0) is 6.54 Å². The fourth-order valence-corrected chi connectivity index (χ4v) is 1.67. The summed E-state index contributed by atoms with van der Waals surface area (Å²) in [6, 6.07) is 0. The molecule has 3 heteroatoms. The van der Waals surface area contributed by atoms with Crippen LogP contribution in [0.3, 0.4) is 0 Å². The van der Waals surface area contributed by atoms with Gasteiger partial charge in [-0.1, -0.05) is 13.0 Å². The molecule has 3 nitrogen and oxygen atoms in total. The van der Waals surface area contributed by atoms with Crippen molar-refractivity contribution >= 4 is 5.95 Å². The van der Waals surface area contributed by atoms with Crippen LogP contribution in [0.1, 0.15) is 13.3 Å². The second-order valence-corrected chi connectivity index (χ2v) is 4.05. The lowest BCUT2D eigenvalue weighted by Gasteiger charge is -2.06. The van der Waals surface area contributed by atoms with E-state index in [1.54, 1.807) is 0 Å². The number of aromatic nitrogens is 2. The van der Waals surface area contributed by atoms with Crippen LogP contribution in [0.2, 0.25) is 0 Å². The van der Waals surface area contributed by atoms with Crippen molar-refractivity contribution < 1.29 is 0 Å². The molecule has 14 heavy (non-hydrogen) atoms. The number of nitrogens with one attached hydrogen (secondary N) is 1. The predicted molar refractivity (Wildman–Crippen MR) is 58.2 cm³/mol. The highest BCUT2D eigenvalue weighted by atomic mass is 15.2. The lowest BCUT2D eigenvalue weighted by atomic mass is 10.3. The topological polar surface area (TPSA) is 29.9 Å². The maximum absolute atomic E-state index is 4.26. The molecule has 1 aromatic rings. The molecule has 0 radical (unpaired) electrons. The lowest BCUT2D eigenvalue weighted by molar-refractivity contribution is 0.760. The molecule has 1 aromatic heterocycles. The highest BCUT2D eigenvalue weighted by Gasteiger charge is 2.32. The van der Waals surface area contributed by atoms with Crippen LogP contribution in [-0.4, -0.2) is 16.1 Å². The minimum Gasteiger partial charge on any atom is -0.355 e. The Kier molecular flexibility index (Phi) is 2.57. The van der Waals surface area contributed by atoms with E-state index in [1.807, 2.05) is 18.5 Å². The molecule has 0 aromatic carbocycles. The third-order valence-corrected chi connectivity index (χ3v) is 2.84. The zero-order valence-corrected chi connectivity index (χ0v) is 8.61. The van der Waals surface area contributed by atoms with E-state index in [-0.39, 0.29) is 0 Å². The second kappa shape index (κ2) is 3.86. The first-order valence-corrected chi connectivity index (χ1v) is 5.17. The summed E-state index contributed by atoms with van der Waals surface area (Å²) in [5.41, 5.74) is 0. The van der Waals surface area contributed by atoms with Gasteiger partial charge in [0.25, 0.3) is 0 Å². The van der Waals surface area contributed by atoms with E-state index in [1.165, 1.54) is 6.42 Å². The average Bonchev–Trinajstić information content (AvgIpc) is 2.70. The Hall–Kier alpha value is -1.25. The third-order valence-electron chi connectivity index (χ3n) is 2.84. The van der Waals surface area contributed by atoms with Crippen LogP contribution in [0.25, 0.3) is 0 Å². The molecule has 0 amide bonds. The maximum Gasteiger partial charge on any atom is 0.203 e. The van der Waals surface area contributed by atoms with Gasteiger partial charge in [0, 0.05) is 25.5 Å². The van der Waals surface area contributed by atoms with Crippen molar-refractivity contribution in [1.29, 1.82) is 0 Å². The summed E-state index contributed by atoms with van der Waals surface area (Å²) in [6.45, 7) is 7.89. The van der Waals surface area contributed by atoms with Gasteiger partial charge in [0.15, 0.2) is 0 Å². The highest BCUT2D eigenvalue weighted by molar-refractivity contribution is 5.26. The van der Waals surface area contributed by atoms with Gasteiger partial charge in [0.05, 0.1) is 0 Å². The molecule has 2 unspecified atom stereocenters. The Balaban J connectivity index is 1.88. The first-order chi connectivity index (χ1) is 6.81. The summed E-state index contributed by atoms with van der Waals surface area (Å²) in [5.74, 6) is 2.71. The number of anilines is 1. The zero-order chi connectivity index (χ0) is 9.97. The fourth-order valence-electron chi connectivity index (χ4n) is 1.67. The lowest BCUT2D eigenvalue weighted by Crippen LogP contribution is -2.10. The number of nitrogens with zero attached hydrogens (tertiary/aromatic N) is 2. The largest absolute Gasteiger partial charge is 0.355 e. The standard InChI is InChI=1S/C11H17N3/c1-3-5-14-6-4-12-11(14)13-8-10-7-9(10)2/h3-4,6,9-10H,1,5,7-8H2,2H3,(H,12,13). The minimum atomic E-state index is 0.822. The van der Waals surface area contributed by atoms with Crippen molar-refractivity contribution in [3.63, 3.8) is 0 Å². The summed E-state index contributed by atoms with van der Waals surface area (Å²) in [4.78, 5) is 4.26. The minimum absolute atomic E-state index is 0.822. The summed E-state index contributed by atoms with van der Waals surface area (Å²) < 4.78 is 2.07. The molecule has 0 spiro atoms. The van der Waals surface area contributed by atoms with Gasteiger partial charge in [-0.15, -0.1) is 6.58 Å². The number of hydrogen-bond donors (Lipinski definition) is 1. The Bertz CT molecular complexity index is 316. The summed E-state index contributed by atoms with van der Waals surface area (Å²) in [7, 11) is 0. The van der Waals surface area contributed by atoms with Crippen molar-refractivity contribution in [2.75, 3.05) is 11.9 Å². The van der Waals surface area contributed by atoms with Crippen LogP contribution in [0.5, 0.6) is 0 Å². The molecule has 0 aliphatic heterocycles. The first kappa shape index (κ1) is 9.31. The molecule has 2 atom stereocenters. The van der Waals surface area contributed by atoms with Crippen molar-refractivity contribution in [3.8, 4) is 0 Å². The molecule has 1 fully saturated rings. The molecule has 1 aliphatic rings. The molecule has 1 aliphatic carbocycles. The van der Waals surface area contributed by atoms with Gasteiger partial charge in [-0.2, -0.15) is 0 Å². The van der Waals surface area contributed by atoms with Gasteiger partial charge in [0.2, 0.25) is 5.95 Å². The van der Waals surface area contributed by atoms with E-state index in [9.17, 15) is 0 Å². The van der Waals surface area contributed by atoms with E-state index in [2.05, 4.69) is 28.4 Å². The Morgan fingerprint density at radius 3 is 3.21 bits per heavy atom. The van der Waals surface area contributed by atoms with Crippen LogP contribution < -0.4 is 5.32 Å². The summed E-state index contributed by atoms with van der Waals surface area (Å²) in [5, 5.41) is 3.37. The van der Waals surface area contributed by atoms with Gasteiger partial charge in [-0.3, -0.25) is 0 Å². The smallest absolute Gasteiger partial charge is 0.203 e. The molecular weight excluding hydrogens is 174 g/mol. The maximum atomic E-state index is 4.26. The van der Waals surface area contributed by atoms with Gasteiger partial charge < -0.3 is 9.88 Å². The SMILES string of the molecule is C=CCn1ccnc1NCC1CC1C. The second-order valence-electron chi connectivity index (χ2n) is 4.05. The quantitative estimate of drug-likeness (QED) is 0.723. The summed E-state index contributed by atoms with van der Waals surface area (Å²) in [6.07, 6.45) is 7.03. The van der Waals surface area contributed by atoms with E-state index in [4.69, 9.17) is 0 Å². The molecule has 1 N–H and O–H groups in total. The van der Waals surface area contributed by atoms with E-state index in [0.717, 1.165) is 30.9 Å². The number of rotatable bonds is 5. The fraction of sp³-hybridized carbons (Fsp3) is 0.545. The van der Waals surface area contributed by atoms with E-state index >= 15 is 0 Å². The van der Waals surface area contributed by atoms with Gasteiger partial charge in [-0.05, 0) is 18.3 Å². The molecule has 1 heterocycles. The van der Waals surface area contributed by atoms with Crippen LogP contribution >= 0.6 is 0 Å².